The number of methoxy groups -OCH3 is 1. The minimum Gasteiger partial charge on any atom is -0.481 e. The highest BCUT2D eigenvalue weighted by Gasteiger charge is 2.35. The van der Waals surface area contributed by atoms with Crippen LogP contribution in [0.15, 0.2) is 59.7 Å². The van der Waals surface area contributed by atoms with Crippen LogP contribution in [0, 0.1) is 0 Å². The van der Waals surface area contributed by atoms with E-state index in [0.29, 0.717) is 16.1 Å². The van der Waals surface area contributed by atoms with Crippen LogP contribution in [-0.2, 0) is 28.7 Å². The van der Waals surface area contributed by atoms with E-state index in [0.717, 1.165) is 14.0 Å². The lowest BCUT2D eigenvalue weighted by Gasteiger charge is -2.30. The number of rotatable bonds is 10. The van der Waals surface area contributed by atoms with Gasteiger partial charge in [-0.1, -0.05) is 42.5 Å². The fourth-order valence-corrected chi connectivity index (χ4v) is 3.50. The molecule has 2 rings (SSSR count). The SMILES string of the molecule is COC(=O)[C@@H](NC(=O)[C@H](CC(=O)O)N(NC(=O)Nc1ccc(C=NNC(=O)OC(C)(C)C)cc1)C(C)=O)c1ccccc1. The number of amides is 5. The molecule has 2 atom stereocenters. The van der Waals surface area contributed by atoms with Gasteiger partial charge in [-0.25, -0.2) is 30.2 Å². The number of hydrogen-bond donors (Lipinski definition) is 5. The third-order valence-electron chi connectivity index (χ3n) is 5.34. The molecular weight excluding hydrogens is 564 g/mol. The third kappa shape index (κ3) is 11.5. The molecule has 0 aliphatic carbocycles. The standard InChI is InChI=1S/C28H34N6O9/c1-17(35)34(21(15-22(36)37)24(38)31-23(25(39)42-5)19-9-7-6-8-10-19)33-26(40)30-20-13-11-18(12-14-20)16-29-32-27(41)43-28(2,3)4/h6-14,16,21,23H,15H2,1-5H3,(H,31,38)(H,32,41)(H,36,37)(H2,30,33,40)/t21-,23-/m0/s1. The summed E-state index contributed by atoms with van der Waals surface area (Å²) < 4.78 is 9.83. The van der Waals surface area contributed by atoms with Crippen molar-refractivity contribution in [2.24, 2.45) is 5.10 Å². The molecule has 0 spiro atoms. The van der Waals surface area contributed by atoms with E-state index in [2.05, 4.69) is 26.6 Å². The molecule has 2 aromatic carbocycles. The number of nitrogens with zero attached hydrogens (tertiary/aromatic N) is 2. The Morgan fingerprint density at radius 2 is 1.63 bits per heavy atom. The molecule has 5 amide bonds. The van der Waals surface area contributed by atoms with E-state index in [-0.39, 0.29) is 5.69 Å². The number of hydrogen-bond acceptors (Lipinski definition) is 9. The van der Waals surface area contributed by atoms with E-state index in [1.807, 2.05) is 0 Å². The Balaban J connectivity index is 2.13. The van der Waals surface area contributed by atoms with Crippen LogP contribution < -0.4 is 21.5 Å². The smallest absolute Gasteiger partial charge is 0.428 e. The highest BCUT2D eigenvalue weighted by atomic mass is 16.6. The molecule has 15 nitrogen and oxygen atoms in total. The number of anilines is 1. The Hall–Kier alpha value is -5.47. The summed E-state index contributed by atoms with van der Waals surface area (Å²) >= 11 is 0. The van der Waals surface area contributed by atoms with Crippen molar-refractivity contribution in [3.05, 3.63) is 65.7 Å². The minimum atomic E-state index is -1.73. The van der Waals surface area contributed by atoms with Gasteiger partial charge in [-0.2, -0.15) is 5.10 Å². The van der Waals surface area contributed by atoms with Crippen LogP contribution >= 0.6 is 0 Å². The van der Waals surface area contributed by atoms with Crippen LogP contribution in [0.3, 0.4) is 0 Å². The number of benzene rings is 2. The van der Waals surface area contributed by atoms with Crippen molar-refractivity contribution in [1.82, 2.24) is 21.2 Å². The number of hydrazine groups is 1. The van der Waals surface area contributed by atoms with E-state index in [4.69, 9.17) is 9.47 Å². The van der Waals surface area contributed by atoms with Gasteiger partial charge in [0.05, 0.1) is 19.7 Å². The maximum Gasteiger partial charge on any atom is 0.428 e. The van der Waals surface area contributed by atoms with Crippen molar-refractivity contribution < 1.29 is 43.3 Å². The number of esters is 1. The van der Waals surface area contributed by atoms with Crippen molar-refractivity contribution in [2.75, 3.05) is 12.4 Å². The van der Waals surface area contributed by atoms with Gasteiger partial charge in [0.2, 0.25) is 11.8 Å². The molecule has 43 heavy (non-hydrogen) atoms. The molecular formula is C28H34N6O9. The lowest BCUT2D eigenvalue weighted by Crippen LogP contribution is -2.58. The second-order valence-corrected chi connectivity index (χ2v) is 9.94. The fourth-order valence-electron chi connectivity index (χ4n) is 3.50. The van der Waals surface area contributed by atoms with Crippen molar-refractivity contribution >= 4 is 47.8 Å². The molecule has 2 aromatic rings. The number of carboxylic acid groups (broad SMARTS) is 1. The lowest BCUT2D eigenvalue weighted by atomic mass is 10.1. The van der Waals surface area contributed by atoms with Gasteiger partial charge in [0.25, 0.3) is 0 Å². The van der Waals surface area contributed by atoms with Gasteiger partial charge in [-0.15, -0.1) is 0 Å². The zero-order chi connectivity index (χ0) is 32.2. The summed E-state index contributed by atoms with van der Waals surface area (Å²) in [4.78, 5) is 74.0. The molecule has 5 N–H and O–H groups in total. The number of ether oxygens (including phenoxy) is 2. The molecule has 15 heteroatoms. The van der Waals surface area contributed by atoms with Crippen molar-refractivity contribution in [2.45, 2.75) is 51.8 Å². The van der Waals surface area contributed by atoms with Crippen LogP contribution in [0.4, 0.5) is 15.3 Å². The molecule has 0 unspecified atom stereocenters. The van der Waals surface area contributed by atoms with Gasteiger partial charge >= 0.3 is 24.1 Å². The molecule has 0 aliphatic rings. The second-order valence-electron chi connectivity index (χ2n) is 9.94. The van der Waals surface area contributed by atoms with E-state index in [9.17, 15) is 33.9 Å². The molecule has 0 fully saturated rings. The molecule has 0 bridgehead atoms. The predicted molar refractivity (Wildman–Crippen MR) is 153 cm³/mol. The molecule has 0 radical (unpaired) electrons. The summed E-state index contributed by atoms with van der Waals surface area (Å²) in [7, 11) is 1.12. The van der Waals surface area contributed by atoms with Crippen LogP contribution in [0.25, 0.3) is 0 Å². The summed E-state index contributed by atoms with van der Waals surface area (Å²) in [5.74, 6) is -4.15. The Morgan fingerprint density at radius 1 is 1.00 bits per heavy atom. The van der Waals surface area contributed by atoms with Gasteiger partial charge in [0, 0.05) is 12.6 Å². The zero-order valence-corrected chi connectivity index (χ0v) is 24.2. The quantitative estimate of drug-likeness (QED) is 0.154. The number of hydrazone groups is 1. The average Bonchev–Trinajstić information content (AvgIpc) is 2.93. The number of nitrogens with one attached hydrogen (secondary N) is 4. The van der Waals surface area contributed by atoms with Gasteiger partial charge in [-0.05, 0) is 44.0 Å². The first-order valence-electron chi connectivity index (χ1n) is 12.8. The first-order valence-corrected chi connectivity index (χ1v) is 12.8. The summed E-state index contributed by atoms with van der Waals surface area (Å²) in [6, 6.07) is 10.2. The van der Waals surface area contributed by atoms with E-state index in [1.165, 1.54) is 18.3 Å². The number of carboxylic acids is 1. The lowest BCUT2D eigenvalue weighted by molar-refractivity contribution is -0.150. The van der Waals surface area contributed by atoms with Crippen LogP contribution in [0.1, 0.15) is 51.3 Å². The largest absolute Gasteiger partial charge is 0.481 e. The highest BCUT2D eigenvalue weighted by Crippen LogP contribution is 2.16. The van der Waals surface area contributed by atoms with Crippen molar-refractivity contribution in [1.29, 1.82) is 0 Å². The molecule has 0 saturated carbocycles. The molecule has 0 heterocycles. The molecule has 0 aliphatic heterocycles. The van der Waals surface area contributed by atoms with Gasteiger partial charge < -0.3 is 25.2 Å². The number of urea groups is 1. The summed E-state index contributed by atoms with van der Waals surface area (Å²) in [5.41, 5.74) is 4.91. The first-order chi connectivity index (χ1) is 20.2. The Bertz CT molecular complexity index is 1340. The van der Waals surface area contributed by atoms with E-state index in [1.54, 1.807) is 63.2 Å². The number of aliphatic carboxylic acids is 1. The van der Waals surface area contributed by atoms with Crippen molar-refractivity contribution in [3.63, 3.8) is 0 Å². The van der Waals surface area contributed by atoms with Crippen LogP contribution in [0.5, 0.6) is 0 Å². The van der Waals surface area contributed by atoms with Crippen molar-refractivity contribution in [3.8, 4) is 0 Å². The second kappa shape index (κ2) is 15.5. The van der Waals surface area contributed by atoms with Crippen LogP contribution in [0.2, 0.25) is 0 Å². The predicted octanol–water partition coefficient (Wildman–Crippen LogP) is 2.30. The van der Waals surface area contributed by atoms with Gasteiger partial charge in [0.15, 0.2) is 6.04 Å². The monoisotopic (exact) mass is 598 g/mol. The average molecular weight is 599 g/mol. The summed E-state index contributed by atoms with van der Waals surface area (Å²) in [6.45, 7) is 6.15. The highest BCUT2D eigenvalue weighted by molar-refractivity contribution is 5.95. The summed E-state index contributed by atoms with van der Waals surface area (Å²) in [6.07, 6.45) is -0.276. The maximum atomic E-state index is 13.2. The van der Waals surface area contributed by atoms with Gasteiger partial charge in [-0.3, -0.25) is 14.4 Å². The maximum absolute atomic E-state index is 13.2. The number of carbonyl (C=O) groups is 6. The van der Waals surface area contributed by atoms with E-state index < -0.39 is 60.0 Å². The molecule has 0 saturated heterocycles. The zero-order valence-electron chi connectivity index (χ0n) is 24.2. The van der Waals surface area contributed by atoms with E-state index >= 15 is 0 Å². The van der Waals surface area contributed by atoms with Gasteiger partial charge in [0.1, 0.15) is 11.6 Å². The summed E-state index contributed by atoms with van der Waals surface area (Å²) in [5, 5.41) is 18.6. The molecule has 0 aromatic heterocycles. The Kier molecular flexibility index (Phi) is 12.2. The number of carbonyl (C=O) groups excluding carboxylic acids is 5. The van der Waals surface area contributed by atoms with Crippen LogP contribution in [-0.4, -0.2) is 71.0 Å². The first kappa shape index (κ1) is 33.7. The fraction of sp³-hybridized carbons (Fsp3) is 0.321. The molecule has 230 valence electrons. The Morgan fingerprint density at radius 3 is 2.16 bits per heavy atom. The normalized spacial score (nSPS) is 12.3. The minimum absolute atomic E-state index is 0.271. The third-order valence-corrected chi connectivity index (χ3v) is 5.34. The topological polar surface area (TPSA) is 205 Å². The Labute approximate surface area is 247 Å².